The lowest BCUT2D eigenvalue weighted by molar-refractivity contribution is 0.604. The molecule has 0 saturated carbocycles. The van der Waals surface area contributed by atoms with Gasteiger partial charge in [0.05, 0.1) is 5.69 Å². The van der Waals surface area contributed by atoms with Crippen LogP contribution in [0.3, 0.4) is 0 Å². The smallest absolute Gasteiger partial charge is 0.151 e. The predicted molar refractivity (Wildman–Crippen MR) is 88.2 cm³/mol. The maximum absolute atomic E-state index is 6.09. The van der Waals surface area contributed by atoms with Gasteiger partial charge in [-0.1, -0.05) is 35.9 Å². The molecule has 0 aliphatic heterocycles. The fourth-order valence-corrected chi connectivity index (χ4v) is 2.21. The molecule has 0 aliphatic carbocycles. The van der Waals surface area contributed by atoms with E-state index in [0.717, 1.165) is 38.7 Å². The Kier molecular flexibility index (Phi) is 3.67. The van der Waals surface area contributed by atoms with Gasteiger partial charge >= 0.3 is 0 Å². The van der Waals surface area contributed by atoms with E-state index in [9.17, 15) is 0 Å². The van der Waals surface area contributed by atoms with Gasteiger partial charge in [0.2, 0.25) is 0 Å². The van der Waals surface area contributed by atoms with Gasteiger partial charge in [-0.3, -0.25) is 5.43 Å². The molecule has 1 N–H and O–H groups in total. The number of rotatable bonds is 3. The highest BCUT2D eigenvalue weighted by molar-refractivity contribution is 6.31. The van der Waals surface area contributed by atoms with Crippen LogP contribution in [-0.2, 0) is 0 Å². The summed E-state index contributed by atoms with van der Waals surface area (Å²) in [5.41, 5.74) is 6.53. The monoisotopic (exact) mass is 298 g/mol. The summed E-state index contributed by atoms with van der Waals surface area (Å²) in [6.07, 6.45) is 0. The van der Waals surface area contributed by atoms with Gasteiger partial charge in [0, 0.05) is 10.4 Å². The van der Waals surface area contributed by atoms with Crippen molar-refractivity contribution in [2.75, 3.05) is 5.43 Å². The molecule has 106 valence electrons. The standard InChI is InChI=1S/C17H15ClN2O/c1-11-7-8-14(10-15(11)18)20-19-12(2)17-9-13-5-3-4-6-16(13)21-17/h3-10,20H,1-2H3/b19-12+. The van der Waals surface area contributed by atoms with Crippen molar-refractivity contribution in [3.05, 3.63) is 64.9 Å². The lowest BCUT2D eigenvalue weighted by Crippen LogP contribution is -1.98. The van der Waals surface area contributed by atoms with E-state index in [4.69, 9.17) is 16.0 Å². The predicted octanol–water partition coefficient (Wildman–Crippen LogP) is 5.23. The van der Waals surface area contributed by atoms with Crippen LogP contribution in [0.5, 0.6) is 0 Å². The topological polar surface area (TPSA) is 37.5 Å². The summed E-state index contributed by atoms with van der Waals surface area (Å²) < 4.78 is 5.76. The minimum atomic E-state index is 0.719. The molecule has 2 aromatic carbocycles. The minimum Gasteiger partial charge on any atom is -0.455 e. The molecule has 3 aromatic rings. The van der Waals surface area contributed by atoms with E-state index in [1.807, 2.05) is 62.4 Å². The molecule has 0 spiro atoms. The normalized spacial score (nSPS) is 11.9. The van der Waals surface area contributed by atoms with Gasteiger partial charge in [-0.15, -0.1) is 0 Å². The summed E-state index contributed by atoms with van der Waals surface area (Å²) in [5.74, 6) is 0.752. The van der Waals surface area contributed by atoms with Gasteiger partial charge in [-0.25, -0.2) is 0 Å². The molecular weight excluding hydrogens is 284 g/mol. The van der Waals surface area contributed by atoms with E-state index in [-0.39, 0.29) is 0 Å². The van der Waals surface area contributed by atoms with Crippen LogP contribution in [0.15, 0.2) is 58.0 Å². The molecule has 0 aliphatic rings. The summed E-state index contributed by atoms with van der Waals surface area (Å²) in [6.45, 7) is 3.87. The molecular formula is C17H15ClN2O. The molecule has 0 bridgehead atoms. The highest BCUT2D eigenvalue weighted by Crippen LogP contribution is 2.21. The summed E-state index contributed by atoms with van der Waals surface area (Å²) in [7, 11) is 0. The molecule has 1 heterocycles. The molecule has 3 rings (SSSR count). The summed E-state index contributed by atoms with van der Waals surface area (Å²) in [5, 5.41) is 6.13. The van der Waals surface area contributed by atoms with Gasteiger partial charge in [0.25, 0.3) is 0 Å². The van der Waals surface area contributed by atoms with Crippen LogP contribution in [0.2, 0.25) is 5.02 Å². The van der Waals surface area contributed by atoms with Crippen LogP contribution < -0.4 is 5.43 Å². The molecule has 3 nitrogen and oxygen atoms in total. The van der Waals surface area contributed by atoms with E-state index < -0.39 is 0 Å². The van der Waals surface area contributed by atoms with E-state index in [1.165, 1.54) is 0 Å². The van der Waals surface area contributed by atoms with E-state index in [1.54, 1.807) is 0 Å². The molecule has 1 aromatic heterocycles. The number of hydrazone groups is 1. The van der Waals surface area contributed by atoms with Gasteiger partial charge in [-0.05, 0) is 43.7 Å². The third-order valence-electron chi connectivity index (χ3n) is 3.31. The molecule has 0 unspecified atom stereocenters. The average Bonchev–Trinajstić information content (AvgIpc) is 2.92. The van der Waals surface area contributed by atoms with Crippen LogP contribution >= 0.6 is 11.6 Å². The van der Waals surface area contributed by atoms with Crippen molar-refractivity contribution in [2.24, 2.45) is 5.10 Å². The third-order valence-corrected chi connectivity index (χ3v) is 3.71. The zero-order valence-corrected chi connectivity index (χ0v) is 12.6. The van der Waals surface area contributed by atoms with E-state index in [0.29, 0.717) is 0 Å². The number of para-hydroxylation sites is 1. The first-order valence-electron chi connectivity index (χ1n) is 6.69. The Morgan fingerprint density at radius 2 is 1.95 bits per heavy atom. The SMILES string of the molecule is C/C(=N\Nc1ccc(C)c(Cl)c1)c1cc2ccccc2o1. The maximum Gasteiger partial charge on any atom is 0.151 e. The van der Waals surface area contributed by atoms with E-state index in [2.05, 4.69) is 10.5 Å². The number of fused-ring (bicyclic) bond motifs is 1. The van der Waals surface area contributed by atoms with Crippen molar-refractivity contribution in [3.8, 4) is 0 Å². The Morgan fingerprint density at radius 1 is 1.14 bits per heavy atom. The molecule has 0 saturated heterocycles. The Labute approximate surface area is 128 Å². The quantitative estimate of drug-likeness (QED) is 0.531. The van der Waals surface area contributed by atoms with E-state index >= 15 is 0 Å². The number of hydrogen-bond donors (Lipinski definition) is 1. The lowest BCUT2D eigenvalue weighted by Gasteiger charge is -2.04. The Balaban J connectivity index is 1.83. The summed E-state index contributed by atoms with van der Waals surface area (Å²) in [6, 6.07) is 15.6. The van der Waals surface area contributed by atoms with Crippen molar-refractivity contribution in [2.45, 2.75) is 13.8 Å². The van der Waals surface area contributed by atoms with Crippen molar-refractivity contribution in [1.29, 1.82) is 0 Å². The lowest BCUT2D eigenvalue weighted by atomic mass is 10.2. The summed E-state index contributed by atoms with van der Waals surface area (Å²) >= 11 is 6.09. The largest absolute Gasteiger partial charge is 0.455 e. The second kappa shape index (κ2) is 5.62. The van der Waals surface area contributed by atoms with Crippen LogP contribution in [0, 0.1) is 6.92 Å². The molecule has 0 atom stereocenters. The Hall–Kier alpha value is -2.26. The van der Waals surface area contributed by atoms with Crippen LogP contribution in [-0.4, -0.2) is 5.71 Å². The van der Waals surface area contributed by atoms with Gasteiger partial charge < -0.3 is 4.42 Å². The van der Waals surface area contributed by atoms with Crippen molar-refractivity contribution < 1.29 is 4.42 Å². The molecule has 0 fully saturated rings. The van der Waals surface area contributed by atoms with Crippen LogP contribution in [0.25, 0.3) is 11.0 Å². The summed E-state index contributed by atoms with van der Waals surface area (Å²) in [4.78, 5) is 0. The van der Waals surface area contributed by atoms with Crippen LogP contribution in [0.1, 0.15) is 18.2 Å². The average molecular weight is 299 g/mol. The number of halogens is 1. The number of anilines is 1. The minimum absolute atomic E-state index is 0.719. The van der Waals surface area contributed by atoms with Crippen molar-refractivity contribution in [1.82, 2.24) is 0 Å². The van der Waals surface area contributed by atoms with Crippen LogP contribution in [0.4, 0.5) is 5.69 Å². The van der Waals surface area contributed by atoms with Crippen molar-refractivity contribution >= 4 is 34.0 Å². The fourth-order valence-electron chi connectivity index (χ4n) is 2.03. The molecule has 0 radical (unpaired) electrons. The van der Waals surface area contributed by atoms with Crippen molar-refractivity contribution in [3.63, 3.8) is 0 Å². The third kappa shape index (κ3) is 2.93. The van der Waals surface area contributed by atoms with Gasteiger partial charge in [0.1, 0.15) is 11.3 Å². The number of furan rings is 1. The highest BCUT2D eigenvalue weighted by atomic mass is 35.5. The Morgan fingerprint density at radius 3 is 2.71 bits per heavy atom. The molecule has 21 heavy (non-hydrogen) atoms. The Bertz CT molecular complexity index is 788. The van der Waals surface area contributed by atoms with Gasteiger partial charge in [-0.2, -0.15) is 5.10 Å². The second-order valence-electron chi connectivity index (χ2n) is 4.92. The highest BCUT2D eigenvalue weighted by Gasteiger charge is 2.06. The maximum atomic E-state index is 6.09. The van der Waals surface area contributed by atoms with Gasteiger partial charge in [0.15, 0.2) is 5.76 Å². The first-order chi connectivity index (χ1) is 10.1. The number of benzene rings is 2. The zero-order chi connectivity index (χ0) is 14.8. The number of nitrogens with zero attached hydrogens (tertiary/aromatic N) is 1. The molecule has 4 heteroatoms. The first kappa shape index (κ1) is 13.7. The zero-order valence-electron chi connectivity index (χ0n) is 11.9. The number of hydrogen-bond acceptors (Lipinski definition) is 3. The number of aryl methyl sites for hydroxylation is 1. The second-order valence-corrected chi connectivity index (χ2v) is 5.33. The fraction of sp³-hybridized carbons (Fsp3) is 0.118. The molecule has 0 amide bonds. The number of nitrogens with one attached hydrogen (secondary N) is 1. The first-order valence-corrected chi connectivity index (χ1v) is 7.07.